The number of rotatable bonds is 4. The zero-order valence-corrected chi connectivity index (χ0v) is 7.25. The van der Waals surface area contributed by atoms with Crippen LogP contribution < -0.4 is 5.32 Å². The Bertz CT molecular complexity index is 160. The lowest BCUT2D eigenvalue weighted by atomic mass is 10.2. The molecule has 0 aromatic carbocycles. The summed E-state index contributed by atoms with van der Waals surface area (Å²) in [6, 6.07) is -0.410. The molecule has 1 aliphatic heterocycles. The molecular weight excluding hydrogens is 158 g/mol. The summed E-state index contributed by atoms with van der Waals surface area (Å²) >= 11 is 0. The van der Waals surface area contributed by atoms with Crippen molar-refractivity contribution in [2.45, 2.75) is 31.9 Å². The monoisotopic (exact) mass is 173 g/mol. The second-order valence-corrected chi connectivity index (χ2v) is 3.03. The van der Waals surface area contributed by atoms with E-state index in [9.17, 15) is 4.79 Å². The van der Waals surface area contributed by atoms with Gasteiger partial charge in [0.2, 0.25) is 0 Å². The van der Waals surface area contributed by atoms with Crippen LogP contribution in [0.25, 0.3) is 0 Å². The number of nitrogens with one attached hydrogen (secondary N) is 1. The van der Waals surface area contributed by atoms with Gasteiger partial charge in [0.1, 0.15) is 6.04 Å². The van der Waals surface area contributed by atoms with Gasteiger partial charge in [-0.1, -0.05) is 6.92 Å². The summed E-state index contributed by atoms with van der Waals surface area (Å²) in [4.78, 5) is 10.5. The molecule has 0 radical (unpaired) electrons. The number of ether oxygens (including phenoxy) is 1. The van der Waals surface area contributed by atoms with Gasteiger partial charge >= 0.3 is 5.97 Å². The Morgan fingerprint density at radius 2 is 2.50 bits per heavy atom. The molecule has 12 heavy (non-hydrogen) atoms. The average molecular weight is 173 g/mol. The third kappa shape index (κ3) is 2.46. The van der Waals surface area contributed by atoms with Gasteiger partial charge in [-0.25, -0.2) is 0 Å². The second kappa shape index (κ2) is 4.42. The summed E-state index contributed by atoms with van der Waals surface area (Å²) in [6.45, 7) is 3.42. The van der Waals surface area contributed by atoms with Crippen LogP contribution in [0.5, 0.6) is 0 Å². The standard InChI is InChI=1S/C8H15NO3/c1-2-3-12-6-4-7(8(10)11)9-5-6/h6-7,9H,2-5H2,1H3,(H,10,11)/t6-,7+/m0/s1. The predicted octanol–water partition coefficient (Wildman–Crippen LogP) is 0.228. The molecule has 1 fully saturated rings. The number of hydrogen-bond acceptors (Lipinski definition) is 3. The molecule has 1 heterocycles. The van der Waals surface area contributed by atoms with Crippen molar-refractivity contribution < 1.29 is 14.6 Å². The van der Waals surface area contributed by atoms with Gasteiger partial charge in [-0.05, 0) is 6.42 Å². The van der Waals surface area contributed by atoms with E-state index >= 15 is 0 Å². The predicted molar refractivity (Wildman–Crippen MR) is 44.1 cm³/mol. The van der Waals surface area contributed by atoms with E-state index in [1.165, 1.54) is 0 Å². The lowest BCUT2D eigenvalue weighted by Crippen LogP contribution is -2.29. The van der Waals surface area contributed by atoms with Gasteiger partial charge in [0.25, 0.3) is 0 Å². The van der Waals surface area contributed by atoms with E-state index in [0.717, 1.165) is 13.0 Å². The van der Waals surface area contributed by atoms with Crippen LogP contribution in [0, 0.1) is 0 Å². The maximum absolute atomic E-state index is 10.5. The van der Waals surface area contributed by atoms with Crippen LogP contribution in [0.15, 0.2) is 0 Å². The van der Waals surface area contributed by atoms with Gasteiger partial charge in [0, 0.05) is 19.6 Å². The highest BCUT2D eigenvalue weighted by Gasteiger charge is 2.29. The first-order valence-corrected chi connectivity index (χ1v) is 4.31. The molecule has 0 aromatic rings. The van der Waals surface area contributed by atoms with Gasteiger partial charge in [-0.2, -0.15) is 0 Å². The Labute approximate surface area is 71.9 Å². The minimum atomic E-state index is -0.780. The normalized spacial score (nSPS) is 29.1. The molecule has 4 heteroatoms. The smallest absolute Gasteiger partial charge is 0.320 e. The maximum Gasteiger partial charge on any atom is 0.320 e. The van der Waals surface area contributed by atoms with Crippen LogP contribution in [0.3, 0.4) is 0 Å². The Balaban J connectivity index is 2.21. The number of carboxylic acid groups (broad SMARTS) is 1. The summed E-state index contributed by atoms with van der Waals surface area (Å²) in [5, 5.41) is 11.5. The number of aliphatic carboxylic acids is 1. The fourth-order valence-corrected chi connectivity index (χ4v) is 1.30. The minimum absolute atomic E-state index is 0.0889. The summed E-state index contributed by atoms with van der Waals surface area (Å²) in [5.41, 5.74) is 0. The molecular formula is C8H15NO3. The van der Waals surface area contributed by atoms with E-state index in [4.69, 9.17) is 9.84 Å². The third-order valence-electron chi connectivity index (χ3n) is 1.95. The first kappa shape index (κ1) is 9.48. The quantitative estimate of drug-likeness (QED) is 0.639. The molecule has 0 spiro atoms. The van der Waals surface area contributed by atoms with Crippen LogP contribution in [0.2, 0.25) is 0 Å². The summed E-state index contributed by atoms with van der Waals surface area (Å²) < 4.78 is 5.41. The molecule has 1 rings (SSSR count). The minimum Gasteiger partial charge on any atom is -0.480 e. The first-order chi connectivity index (χ1) is 5.74. The number of carbonyl (C=O) groups is 1. The highest BCUT2D eigenvalue weighted by Crippen LogP contribution is 2.10. The summed E-state index contributed by atoms with van der Waals surface area (Å²) in [6.07, 6.45) is 1.66. The van der Waals surface area contributed by atoms with Crippen molar-refractivity contribution in [3.63, 3.8) is 0 Å². The summed E-state index contributed by atoms with van der Waals surface area (Å²) in [7, 11) is 0. The number of carboxylic acids is 1. The zero-order chi connectivity index (χ0) is 8.97. The maximum atomic E-state index is 10.5. The third-order valence-corrected chi connectivity index (χ3v) is 1.95. The highest BCUT2D eigenvalue weighted by atomic mass is 16.5. The molecule has 70 valence electrons. The van der Waals surface area contributed by atoms with E-state index in [1.807, 2.05) is 6.92 Å². The Kier molecular flexibility index (Phi) is 3.49. The van der Waals surface area contributed by atoms with Crippen LogP contribution in [0.4, 0.5) is 0 Å². The van der Waals surface area contributed by atoms with Crippen LogP contribution in [-0.4, -0.2) is 36.4 Å². The Morgan fingerprint density at radius 1 is 1.75 bits per heavy atom. The largest absolute Gasteiger partial charge is 0.480 e. The zero-order valence-electron chi connectivity index (χ0n) is 7.25. The molecule has 0 saturated carbocycles. The average Bonchev–Trinajstić information content (AvgIpc) is 2.48. The van der Waals surface area contributed by atoms with Gasteiger partial charge in [-0.15, -0.1) is 0 Å². The molecule has 0 amide bonds. The van der Waals surface area contributed by atoms with Crippen molar-refractivity contribution in [1.29, 1.82) is 0 Å². The van der Waals surface area contributed by atoms with Crippen LogP contribution >= 0.6 is 0 Å². The topological polar surface area (TPSA) is 58.6 Å². The fourth-order valence-electron chi connectivity index (χ4n) is 1.30. The van der Waals surface area contributed by atoms with E-state index in [-0.39, 0.29) is 6.10 Å². The van der Waals surface area contributed by atoms with Crippen LogP contribution in [0.1, 0.15) is 19.8 Å². The van der Waals surface area contributed by atoms with Gasteiger partial charge in [0.15, 0.2) is 0 Å². The van der Waals surface area contributed by atoms with Crippen molar-refractivity contribution in [1.82, 2.24) is 5.32 Å². The lowest BCUT2D eigenvalue weighted by molar-refractivity contribution is -0.139. The van der Waals surface area contributed by atoms with Crippen molar-refractivity contribution in [3.8, 4) is 0 Å². The Hall–Kier alpha value is -0.610. The van der Waals surface area contributed by atoms with Crippen molar-refractivity contribution in [2.75, 3.05) is 13.2 Å². The summed E-state index contributed by atoms with van der Waals surface area (Å²) in [5.74, 6) is -0.780. The molecule has 1 saturated heterocycles. The molecule has 2 N–H and O–H groups in total. The second-order valence-electron chi connectivity index (χ2n) is 3.03. The fraction of sp³-hybridized carbons (Fsp3) is 0.875. The van der Waals surface area contributed by atoms with E-state index in [1.54, 1.807) is 0 Å². The van der Waals surface area contributed by atoms with Crippen molar-refractivity contribution >= 4 is 5.97 Å². The molecule has 2 atom stereocenters. The van der Waals surface area contributed by atoms with Crippen molar-refractivity contribution in [2.24, 2.45) is 0 Å². The van der Waals surface area contributed by atoms with Gasteiger partial charge < -0.3 is 15.2 Å². The Morgan fingerprint density at radius 3 is 3.00 bits per heavy atom. The first-order valence-electron chi connectivity index (χ1n) is 4.31. The molecule has 0 bridgehead atoms. The molecule has 0 unspecified atom stereocenters. The van der Waals surface area contributed by atoms with Crippen molar-refractivity contribution in [3.05, 3.63) is 0 Å². The lowest BCUT2D eigenvalue weighted by Gasteiger charge is -2.08. The number of hydrogen-bond donors (Lipinski definition) is 2. The highest BCUT2D eigenvalue weighted by molar-refractivity contribution is 5.73. The SMILES string of the molecule is CCCO[C@@H]1CN[C@@H](C(=O)O)C1. The molecule has 0 aromatic heterocycles. The molecule has 0 aliphatic carbocycles. The van der Waals surface area contributed by atoms with Crippen LogP contribution in [-0.2, 0) is 9.53 Å². The molecule has 4 nitrogen and oxygen atoms in total. The van der Waals surface area contributed by atoms with E-state index in [0.29, 0.717) is 13.0 Å². The van der Waals surface area contributed by atoms with Gasteiger partial charge in [0.05, 0.1) is 6.10 Å². The van der Waals surface area contributed by atoms with E-state index < -0.39 is 12.0 Å². The van der Waals surface area contributed by atoms with E-state index in [2.05, 4.69) is 5.32 Å². The molecule has 1 aliphatic rings. The van der Waals surface area contributed by atoms with Gasteiger partial charge in [-0.3, -0.25) is 4.79 Å².